The Hall–Kier alpha value is -7.88. The molecule has 0 saturated carbocycles. The molecule has 0 atom stereocenters. The van der Waals surface area contributed by atoms with E-state index in [0.717, 1.165) is 44.6 Å². The summed E-state index contributed by atoms with van der Waals surface area (Å²) in [4.78, 5) is 2.35. The molecule has 0 fully saturated rings. The number of aromatic nitrogens is 1. The molecule has 274 valence electrons. The SMILES string of the molecule is c1ccc(-c2cccc(N(c3ccc4cc5c(cc4c3)-c3cc4ccc(-n6c7ccccc7c7ccccc76)cc4cc3-5)c3cccc4c3oc3ccccc34)c2)cc1. The Balaban J connectivity index is 0.938. The number of fused-ring (bicyclic) bond motifs is 12. The van der Waals surface area contributed by atoms with E-state index < -0.39 is 0 Å². The number of hydrogen-bond acceptors (Lipinski definition) is 2. The van der Waals surface area contributed by atoms with Gasteiger partial charge in [0.15, 0.2) is 5.58 Å². The fraction of sp³-hybridized carbons (Fsp3) is 0. The lowest BCUT2D eigenvalue weighted by molar-refractivity contribution is 0.669. The molecule has 10 aromatic carbocycles. The summed E-state index contributed by atoms with van der Waals surface area (Å²) in [7, 11) is 0. The van der Waals surface area contributed by atoms with Crippen LogP contribution in [0.25, 0.3) is 104 Å². The van der Waals surface area contributed by atoms with Gasteiger partial charge < -0.3 is 13.9 Å². The molecule has 1 aliphatic rings. The summed E-state index contributed by atoms with van der Waals surface area (Å²) >= 11 is 0. The zero-order valence-electron chi connectivity index (χ0n) is 31.9. The van der Waals surface area contributed by atoms with Crippen molar-refractivity contribution < 1.29 is 4.42 Å². The van der Waals surface area contributed by atoms with Gasteiger partial charge >= 0.3 is 0 Å². The summed E-state index contributed by atoms with van der Waals surface area (Å²) in [5.74, 6) is 0. The standard InChI is InChI=1S/C56H34N2O/c1-2-12-35(13-3-1)36-14-10-15-41(28-36)57(54-22-11-19-47-46-18-6-9-23-55(46)59-56(47)54)42-26-24-37-31-48-50(33-39(37)29-42)49-32-38-25-27-43(30-40(38)34-51(48)49)58-52-20-7-4-16-44(52)45-17-5-8-21-53(45)58/h1-34H. The lowest BCUT2D eigenvalue weighted by atomic mass is 9.78. The zero-order chi connectivity index (χ0) is 38.6. The number of anilines is 3. The van der Waals surface area contributed by atoms with Crippen LogP contribution in [-0.2, 0) is 0 Å². The Morgan fingerprint density at radius 1 is 0.356 bits per heavy atom. The van der Waals surface area contributed by atoms with Gasteiger partial charge in [-0.3, -0.25) is 0 Å². The predicted molar refractivity (Wildman–Crippen MR) is 248 cm³/mol. The third-order valence-corrected chi connectivity index (χ3v) is 12.4. The van der Waals surface area contributed by atoms with Crippen molar-refractivity contribution in [1.29, 1.82) is 0 Å². The molecule has 0 aliphatic heterocycles. The van der Waals surface area contributed by atoms with Gasteiger partial charge in [-0.15, -0.1) is 0 Å². The van der Waals surface area contributed by atoms with E-state index in [9.17, 15) is 0 Å². The minimum Gasteiger partial charge on any atom is -0.454 e. The maximum absolute atomic E-state index is 6.65. The van der Waals surface area contributed by atoms with Crippen molar-refractivity contribution in [3.8, 4) is 39.1 Å². The third kappa shape index (κ3) is 4.82. The van der Waals surface area contributed by atoms with Crippen molar-refractivity contribution in [2.24, 2.45) is 0 Å². The van der Waals surface area contributed by atoms with Gasteiger partial charge in [-0.2, -0.15) is 0 Å². The Morgan fingerprint density at radius 3 is 1.66 bits per heavy atom. The molecular weight excluding hydrogens is 717 g/mol. The number of rotatable bonds is 5. The lowest BCUT2D eigenvalue weighted by Crippen LogP contribution is -2.10. The topological polar surface area (TPSA) is 21.3 Å². The molecule has 1 aliphatic carbocycles. The first-order chi connectivity index (χ1) is 29.2. The highest BCUT2D eigenvalue weighted by Gasteiger charge is 2.25. The molecule has 0 spiro atoms. The van der Waals surface area contributed by atoms with Crippen LogP contribution in [0.4, 0.5) is 17.1 Å². The largest absolute Gasteiger partial charge is 0.454 e. The van der Waals surface area contributed by atoms with Crippen LogP contribution in [0.2, 0.25) is 0 Å². The highest BCUT2D eigenvalue weighted by atomic mass is 16.3. The molecule has 2 aromatic heterocycles. The minimum absolute atomic E-state index is 0.873. The number of benzene rings is 10. The molecule has 0 unspecified atom stereocenters. The van der Waals surface area contributed by atoms with E-state index in [1.165, 1.54) is 76.9 Å². The van der Waals surface area contributed by atoms with Crippen LogP contribution in [-0.4, -0.2) is 4.57 Å². The van der Waals surface area contributed by atoms with Crippen molar-refractivity contribution in [3.63, 3.8) is 0 Å². The Labute approximate surface area is 340 Å². The highest BCUT2D eigenvalue weighted by molar-refractivity contribution is 6.14. The highest BCUT2D eigenvalue weighted by Crippen LogP contribution is 2.51. The Bertz CT molecular complexity index is 3630. The molecule has 2 heterocycles. The Morgan fingerprint density at radius 2 is 0.915 bits per heavy atom. The number of para-hydroxylation sites is 4. The molecule has 0 saturated heterocycles. The number of furan rings is 1. The van der Waals surface area contributed by atoms with Gasteiger partial charge in [0.1, 0.15) is 5.58 Å². The van der Waals surface area contributed by atoms with Crippen molar-refractivity contribution in [1.82, 2.24) is 4.57 Å². The average Bonchev–Trinajstić information content (AvgIpc) is 3.85. The monoisotopic (exact) mass is 750 g/mol. The molecule has 0 radical (unpaired) electrons. The fourth-order valence-electron chi connectivity index (χ4n) is 9.67. The van der Waals surface area contributed by atoms with Gasteiger partial charge in [0.2, 0.25) is 0 Å². The van der Waals surface area contributed by atoms with E-state index >= 15 is 0 Å². The van der Waals surface area contributed by atoms with Gasteiger partial charge in [-0.05, 0) is 140 Å². The molecule has 0 N–H and O–H groups in total. The van der Waals surface area contributed by atoms with Crippen LogP contribution in [0.5, 0.6) is 0 Å². The second kappa shape index (κ2) is 12.3. The van der Waals surface area contributed by atoms with E-state index in [2.05, 4.69) is 210 Å². The summed E-state index contributed by atoms with van der Waals surface area (Å²) < 4.78 is 9.05. The molecular formula is C56H34N2O. The van der Waals surface area contributed by atoms with Crippen LogP contribution < -0.4 is 4.90 Å². The first-order valence-electron chi connectivity index (χ1n) is 20.2. The van der Waals surface area contributed by atoms with Crippen LogP contribution >= 0.6 is 0 Å². The number of nitrogens with zero attached hydrogens (tertiary/aromatic N) is 2. The lowest BCUT2D eigenvalue weighted by Gasteiger charge is -2.28. The third-order valence-electron chi connectivity index (χ3n) is 12.4. The average molecular weight is 751 g/mol. The zero-order valence-corrected chi connectivity index (χ0v) is 31.9. The van der Waals surface area contributed by atoms with Gasteiger partial charge in [-0.25, -0.2) is 0 Å². The summed E-state index contributed by atoms with van der Waals surface area (Å²) in [6, 6.07) is 74.9. The summed E-state index contributed by atoms with van der Waals surface area (Å²) in [6.07, 6.45) is 0. The van der Waals surface area contributed by atoms with Gasteiger partial charge in [0, 0.05) is 38.6 Å². The first-order valence-corrected chi connectivity index (χ1v) is 20.2. The summed E-state index contributed by atoms with van der Waals surface area (Å²) in [5.41, 5.74) is 16.1. The molecule has 0 amide bonds. The van der Waals surface area contributed by atoms with E-state index in [0.29, 0.717) is 0 Å². The quantitative estimate of drug-likeness (QED) is 0.175. The minimum atomic E-state index is 0.873. The van der Waals surface area contributed by atoms with Gasteiger partial charge in [0.25, 0.3) is 0 Å². The van der Waals surface area contributed by atoms with Crippen molar-refractivity contribution in [2.75, 3.05) is 4.90 Å². The normalized spacial score (nSPS) is 12.1. The number of hydrogen-bond donors (Lipinski definition) is 0. The Kier molecular flexibility index (Phi) is 6.72. The van der Waals surface area contributed by atoms with Gasteiger partial charge in [0.05, 0.1) is 16.7 Å². The second-order valence-electron chi connectivity index (χ2n) is 15.7. The van der Waals surface area contributed by atoms with E-state index in [1.807, 2.05) is 6.07 Å². The molecule has 59 heavy (non-hydrogen) atoms. The van der Waals surface area contributed by atoms with Gasteiger partial charge in [-0.1, -0.05) is 121 Å². The van der Waals surface area contributed by atoms with Crippen molar-refractivity contribution in [3.05, 3.63) is 206 Å². The van der Waals surface area contributed by atoms with E-state index in [1.54, 1.807) is 0 Å². The van der Waals surface area contributed by atoms with Crippen molar-refractivity contribution in [2.45, 2.75) is 0 Å². The van der Waals surface area contributed by atoms with E-state index in [-0.39, 0.29) is 0 Å². The van der Waals surface area contributed by atoms with Crippen LogP contribution in [0.3, 0.4) is 0 Å². The predicted octanol–water partition coefficient (Wildman–Crippen LogP) is 15.8. The second-order valence-corrected chi connectivity index (χ2v) is 15.7. The maximum atomic E-state index is 6.65. The molecule has 13 rings (SSSR count). The molecule has 0 bridgehead atoms. The van der Waals surface area contributed by atoms with E-state index in [4.69, 9.17) is 4.42 Å². The van der Waals surface area contributed by atoms with Crippen LogP contribution in [0, 0.1) is 0 Å². The maximum Gasteiger partial charge on any atom is 0.159 e. The van der Waals surface area contributed by atoms with Crippen LogP contribution in [0.15, 0.2) is 211 Å². The summed E-state index contributed by atoms with van der Waals surface area (Å²) in [5, 5.41) is 9.70. The van der Waals surface area contributed by atoms with Crippen molar-refractivity contribution >= 4 is 82.4 Å². The molecule has 12 aromatic rings. The first kappa shape index (κ1) is 32.2. The molecule has 3 heteroatoms. The van der Waals surface area contributed by atoms with Crippen LogP contribution in [0.1, 0.15) is 0 Å². The fourth-order valence-corrected chi connectivity index (χ4v) is 9.67. The smallest absolute Gasteiger partial charge is 0.159 e. The summed E-state index contributed by atoms with van der Waals surface area (Å²) in [6.45, 7) is 0. The molecule has 3 nitrogen and oxygen atoms in total.